The van der Waals surface area contributed by atoms with Crippen molar-refractivity contribution >= 4 is 38.9 Å². The first-order valence-corrected chi connectivity index (χ1v) is 7.36. The highest BCUT2D eigenvalue weighted by molar-refractivity contribution is 9.10. The number of benzene rings is 2. The van der Waals surface area contributed by atoms with E-state index in [0.717, 1.165) is 10.2 Å². The van der Waals surface area contributed by atoms with E-state index >= 15 is 0 Å². The summed E-state index contributed by atoms with van der Waals surface area (Å²) < 4.78 is 14.6. The molecule has 0 aliphatic heterocycles. The van der Waals surface area contributed by atoms with E-state index in [2.05, 4.69) is 36.5 Å². The van der Waals surface area contributed by atoms with Crippen LogP contribution in [-0.2, 0) is 0 Å². The summed E-state index contributed by atoms with van der Waals surface area (Å²) in [6, 6.07) is 15.9. The van der Waals surface area contributed by atoms with E-state index in [1.807, 2.05) is 24.3 Å². The molecule has 6 heteroatoms. The predicted molar refractivity (Wildman–Crippen MR) is 89.1 cm³/mol. The number of nitrogens with one attached hydrogen (secondary N) is 2. The van der Waals surface area contributed by atoms with Crippen LogP contribution < -0.4 is 10.6 Å². The second-order valence-electron chi connectivity index (χ2n) is 4.53. The van der Waals surface area contributed by atoms with Crippen LogP contribution in [0.2, 0.25) is 0 Å². The third kappa shape index (κ3) is 3.59. The molecule has 0 amide bonds. The van der Waals surface area contributed by atoms with Crippen LogP contribution in [0.3, 0.4) is 0 Å². The highest BCUT2D eigenvalue weighted by Crippen LogP contribution is 2.21. The van der Waals surface area contributed by atoms with Crippen molar-refractivity contribution in [2.24, 2.45) is 0 Å². The molecule has 4 nitrogen and oxygen atoms in total. The Bertz CT molecular complexity index is 777. The van der Waals surface area contributed by atoms with Crippen LogP contribution in [0.5, 0.6) is 0 Å². The molecule has 3 rings (SSSR count). The number of rotatable bonds is 4. The highest BCUT2D eigenvalue weighted by atomic mass is 79.9. The van der Waals surface area contributed by atoms with E-state index in [4.69, 9.17) is 0 Å². The minimum atomic E-state index is -0.330. The van der Waals surface area contributed by atoms with Gasteiger partial charge in [-0.3, -0.25) is 0 Å². The average molecular weight is 359 g/mol. The van der Waals surface area contributed by atoms with Gasteiger partial charge in [0.1, 0.15) is 23.8 Å². The van der Waals surface area contributed by atoms with Gasteiger partial charge in [0.05, 0.1) is 5.69 Å². The van der Waals surface area contributed by atoms with Crippen LogP contribution >= 0.6 is 15.9 Å². The minimum Gasteiger partial charge on any atom is -0.340 e. The van der Waals surface area contributed by atoms with E-state index in [-0.39, 0.29) is 5.82 Å². The molecule has 0 radical (unpaired) electrons. The molecule has 3 aromatic rings. The molecule has 0 bridgehead atoms. The first-order valence-electron chi connectivity index (χ1n) is 6.57. The summed E-state index contributed by atoms with van der Waals surface area (Å²) >= 11 is 3.39. The van der Waals surface area contributed by atoms with E-state index in [1.54, 1.807) is 24.3 Å². The largest absolute Gasteiger partial charge is 0.340 e. The van der Waals surface area contributed by atoms with Gasteiger partial charge < -0.3 is 10.6 Å². The van der Waals surface area contributed by atoms with Gasteiger partial charge >= 0.3 is 0 Å². The molecule has 0 fully saturated rings. The van der Waals surface area contributed by atoms with Gasteiger partial charge in [-0.15, -0.1) is 0 Å². The van der Waals surface area contributed by atoms with Crippen molar-refractivity contribution < 1.29 is 4.39 Å². The second-order valence-corrected chi connectivity index (χ2v) is 5.44. The fraction of sp³-hybridized carbons (Fsp3) is 0. The maximum absolute atomic E-state index is 13.6. The monoisotopic (exact) mass is 358 g/mol. The summed E-state index contributed by atoms with van der Waals surface area (Å²) in [6.45, 7) is 0. The SMILES string of the molecule is Fc1ccccc1Nc1cc(Nc2ccc(Br)cc2)ncn1. The van der Waals surface area contributed by atoms with Gasteiger partial charge in [0.15, 0.2) is 0 Å². The smallest absolute Gasteiger partial charge is 0.146 e. The third-order valence-corrected chi connectivity index (χ3v) is 3.45. The first-order chi connectivity index (χ1) is 10.7. The highest BCUT2D eigenvalue weighted by Gasteiger charge is 2.04. The Morgan fingerprint density at radius 3 is 2.27 bits per heavy atom. The molecule has 110 valence electrons. The average Bonchev–Trinajstić information content (AvgIpc) is 2.52. The molecule has 2 N–H and O–H groups in total. The quantitative estimate of drug-likeness (QED) is 0.698. The molecule has 0 spiro atoms. The van der Waals surface area contributed by atoms with Gasteiger partial charge in [-0.05, 0) is 36.4 Å². The fourth-order valence-electron chi connectivity index (χ4n) is 1.88. The lowest BCUT2D eigenvalue weighted by Gasteiger charge is -2.09. The number of anilines is 4. The normalized spacial score (nSPS) is 10.3. The Morgan fingerprint density at radius 2 is 1.55 bits per heavy atom. The molecule has 22 heavy (non-hydrogen) atoms. The van der Waals surface area contributed by atoms with E-state index in [1.165, 1.54) is 12.4 Å². The zero-order chi connectivity index (χ0) is 15.4. The molecular formula is C16H12BrFN4. The Balaban J connectivity index is 1.78. The summed E-state index contributed by atoms with van der Waals surface area (Å²) in [4.78, 5) is 8.25. The number of aromatic nitrogens is 2. The molecule has 0 aliphatic rings. The summed E-state index contributed by atoms with van der Waals surface area (Å²) in [5, 5.41) is 6.10. The lowest BCUT2D eigenvalue weighted by Crippen LogP contribution is -1.99. The van der Waals surface area contributed by atoms with E-state index in [9.17, 15) is 4.39 Å². The Hall–Kier alpha value is -2.47. The minimum absolute atomic E-state index is 0.330. The van der Waals surface area contributed by atoms with Crippen molar-refractivity contribution in [2.75, 3.05) is 10.6 Å². The van der Waals surface area contributed by atoms with Crippen molar-refractivity contribution in [3.63, 3.8) is 0 Å². The van der Waals surface area contributed by atoms with Crippen molar-refractivity contribution in [1.82, 2.24) is 9.97 Å². The van der Waals surface area contributed by atoms with E-state index in [0.29, 0.717) is 17.3 Å². The van der Waals surface area contributed by atoms with Crippen molar-refractivity contribution in [3.05, 3.63) is 71.2 Å². The summed E-state index contributed by atoms with van der Waals surface area (Å²) in [5.41, 5.74) is 1.27. The van der Waals surface area contributed by atoms with Gasteiger partial charge in [0.25, 0.3) is 0 Å². The lowest BCUT2D eigenvalue weighted by molar-refractivity contribution is 0.632. The first kappa shape index (κ1) is 14.5. The van der Waals surface area contributed by atoms with Gasteiger partial charge in [0, 0.05) is 16.2 Å². The van der Waals surface area contributed by atoms with Gasteiger partial charge in [-0.1, -0.05) is 28.1 Å². The lowest BCUT2D eigenvalue weighted by atomic mass is 10.3. The summed E-state index contributed by atoms with van der Waals surface area (Å²) in [6.07, 6.45) is 1.42. The molecular weight excluding hydrogens is 347 g/mol. The van der Waals surface area contributed by atoms with Crippen LogP contribution in [0.15, 0.2) is 65.4 Å². The summed E-state index contributed by atoms with van der Waals surface area (Å²) in [5.74, 6) is 0.805. The standard InChI is InChI=1S/C16H12BrFN4/c17-11-5-7-12(8-6-11)21-15-9-16(20-10-19-15)22-14-4-2-1-3-13(14)18/h1-10H,(H2,19,20,21,22). The zero-order valence-corrected chi connectivity index (χ0v) is 13.0. The van der Waals surface area contributed by atoms with Crippen molar-refractivity contribution in [3.8, 4) is 0 Å². The summed E-state index contributed by atoms with van der Waals surface area (Å²) in [7, 11) is 0. The van der Waals surface area contributed by atoms with Crippen LogP contribution in [-0.4, -0.2) is 9.97 Å². The predicted octanol–water partition coefficient (Wildman–Crippen LogP) is 4.87. The molecule has 0 saturated heterocycles. The van der Waals surface area contributed by atoms with Crippen LogP contribution in [0.25, 0.3) is 0 Å². The molecule has 0 atom stereocenters. The Kier molecular flexibility index (Phi) is 4.29. The number of para-hydroxylation sites is 1. The second kappa shape index (κ2) is 6.53. The van der Waals surface area contributed by atoms with Crippen molar-refractivity contribution in [1.29, 1.82) is 0 Å². The Morgan fingerprint density at radius 1 is 0.864 bits per heavy atom. The topological polar surface area (TPSA) is 49.8 Å². The molecule has 0 unspecified atom stereocenters. The molecule has 1 aromatic heterocycles. The van der Waals surface area contributed by atoms with Gasteiger partial charge in [0.2, 0.25) is 0 Å². The molecule has 1 heterocycles. The number of halogens is 2. The molecule has 2 aromatic carbocycles. The fourth-order valence-corrected chi connectivity index (χ4v) is 2.14. The van der Waals surface area contributed by atoms with Gasteiger partial charge in [-0.2, -0.15) is 0 Å². The van der Waals surface area contributed by atoms with Crippen LogP contribution in [0, 0.1) is 5.82 Å². The van der Waals surface area contributed by atoms with Gasteiger partial charge in [-0.25, -0.2) is 14.4 Å². The molecule has 0 aliphatic carbocycles. The van der Waals surface area contributed by atoms with Crippen molar-refractivity contribution in [2.45, 2.75) is 0 Å². The van der Waals surface area contributed by atoms with Crippen LogP contribution in [0.4, 0.5) is 27.4 Å². The number of nitrogens with zero attached hydrogens (tertiary/aromatic N) is 2. The number of hydrogen-bond acceptors (Lipinski definition) is 4. The number of hydrogen-bond donors (Lipinski definition) is 2. The Labute approximate surface area is 135 Å². The van der Waals surface area contributed by atoms with E-state index < -0.39 is 0 Å². The maximum Gasteiger partial charge on any atom is 0.146 e. The van der Waals surface area contributed by atoms with Crippen LogP contribution in [0.1, 0.15) is 0 Å². The molecule has 0 saturated carbocycles. The zero-order valence-electron chi connectivity index (χ0n) is 11.4. The maximum atomic E-state index is 13.6. The third-order valence-electron chi connectivity index (χ3n) is 2.92.